The molecule has 0 amide bonds. The molecule has 4 rings (SSSR count). The van der Waals surface area contributed by atoms with Crippen LogP contribution in [0.15, 0.2) is 48.9 Å². The normalized spacial score (nSPS) is 14.5. The second-order valence-electron chi connectivity index (χ2n) is 6.38. The van der Waals surface area contributed by atoms with Crippen LogP contribution in [0.1, 0.15) is 28.2 Å². The Bertz CT molecular complexity index is 825. The number of hydrogen-bond donors (Lipinski definition) is 0. The fraction of sp³-hybridized carbons (Fsp3) is 0.316. The Morgan fingerprint density at radius 3 is 2.79 bits per heavy atom. The molecule has 0 unspecified atom stereocenters. The number of benzene rings is 1. The lowest BCUT2D eigenvalue weighted by atomic mass is 10.1. The molecule has 2 aromatic heterocycles. The van der Waals surface area contributed by atoms with Gasteiger partial charge in [0.2, 0.25) is 0 Å². The number of fused-ring (bicyclic) bond motifs is 1. The van der Waals surface area contributed by atoms with Gasteiger partial charge in [-0.3, -0.25) is 9.58 Å². The van der Waals surface area contributed by atoms with Crippen LogP contribution in [0.2, 0.25) is 0 Å². The van der Waals surface area contributed by atoms with E-state index in [-0.39, 0.29) is 0 Å². The molecule has 0 spiro atoms. The van der Waals surface area contributed by atoms with E-state index in [1.54, 1.807) is 0 Å². The van der Waals surface area contributed by atoms with E-state index in [2.05, 4.69) is 50.4 Å². The van der Waals surface area contributed by atoms with Crippen molar-refractivity contribution in [1.29, 1.82) is 0 Å². The average Bonchev–Trinajstić information content (AvgIpc) is 3.03. The van der Waals surface area contributed by atoms with Gasteiger partial charge in [-0.15, -0.1) is 0 Å². The van der Waals surface area contributed by atoms with Crippen LogP contribution in [0, 0.1) is 6.92 Å². The van der Waals surface area contributed by atoms with Gasteiger partial charge in [0.25, 0.3) is 0 Å². The van der Waals surface area contributed by atoms with Gasteiger partial charge in [-0.05, 0) is 12.5 Å². The van der Waals surface area contributed by atoms with Crippen molar-refractivity contribution < 1.29 is 0 Å². The highest BCUT2D eigenvalue weighted by atomic mass is 15.3. The summed E-state index contributed by atoms with van der Waals surface area (Å²) in [6.45, 7) is 5.64. The molecule has 5 heteroatoms. The fourth-order valence-corrected chi connectivity index (χ4v) is 3.21. The summed E-state index contributed by atoms with van der Waals surface area (Å²) in [5.74, 6) is 0.865. The van der Waals surface area contributed by atoms with E-state index in [1.807, 2.05) is 30.1 Å². The summed E-state index contributed by atoms with van der Waals surface area (Å²) in [7, 11) is 0. The zero-order chi connectivity index (χ0) is 16.4. The van der Waals surface area contributed by atoms with Gasteiger partial charge in [0, 0.05) is 55.3 Å². The van der Waals surface area contributed by atoms with Crippen molar-refractivity contribution in [2.75, 3.05) is 6.54 Å². The summed E-state index contributed by atoms with van der Waals surface area (Å²) < 4.78 is 2.01. The quantitative estimate of drug-likeness (QED) is 0.741. The molecule has 0 aliphatic carbocycles. The van der Waals surface area contributed by atoms with E-state index >= 15 is 0 Å². The van der Waals surface area contributed by atoms with Crippen molar-refractivity contribution >= 4 is 0 Å². The number of aromatic nitrogens is 4. The van der Waals surface area contributed by atoms with E-state index < -0.39 is 0 Å². The Labute approximate surface area is 142 Å². The zero-order valence-corrected chi connectivity index (χ0v) is 13.9. The first-order chi connectivity index (χ1) is 11.8. The Kier molecular flexibility index (Phi) is 4.09. The predicted octanol–water partition coefficient (Wildman–Crippen LogP) is 2.59. The first-order valence-electron chi connectivity index (χ1n) is 8.35. The third kappa shape index (κ3) is 3.36. The Hall–Kier alpha value is -2.53. The number of nitrogens with zero attached hydrogens (tertiary/aromatic N) is 5. The summed E-state index contributed by atoms with van der Waals surface area (Å²) in [5.41, 5.74) is 4.98. The molecule has 0 saturated heterocycles. The SMILES string of the molecule is Cc1ncc2c(n1)CCN(Cc1cnn(Cc3ccccc3)c1)C2. The standard InChI is InChI=1S/C19H21N5/c1-15-20-10-18-14-23(8-7-19(18)22-15)11-17-9-21-24(13-17)12-16-5-3-2-4-6-16/h2-6,9-10,13H,7-8,11-12,14H2,1H3. The van der Waals surface area contributed by atoms with Crippen LogP contribution in [-0.2, 0) is 26.1 Å². The Balaban J connectivity index is 1.40. The second kappa shape index (κ2) is 6.53. The lowest BCUT2D eigenvalue weighted by molar-refractivity contribution is 0.242. The third-order valence-corrected chi connectivity index (χ3v) is 4.41. The van der Waals surface area contributed by atoms with E-state index in [9.17, 15) is 0 Å². The molecule has 0 fully saturated rings. The van der Waals surface area contributed by atoms with E-state index in [0.29, 0.717) is 0 Å². The molecular formula is C19H21N5. The van der Waals surface area contributed by atoms with Gasteiger partial charge in [-0.25, -0.2) is 9.97 Å². The fourth-order valence-electron chi connectivity index (χ4n) is 3.21. The maximum absolute atomic E-state index is 4.55. The topological polar surface area (TPSA) is 46.8 Å². The van der Waals surface area contributed by atoms with Crippen molar-refractivity contribution in [3.63, 3.8) is 0 Å². The van der Waals surface area contributed by atoms with Gasteiger partial charge in [-0.1, -0.05) is 30.3 Å². The number of aryl methyl sites for hydroxylation is 1. The van der Waals surface area contributed by atoms with Gasteiger partial charge in [0.1, 0.15) is 5.82 Å². The van der Waals surface area contributed by atoms with Gasteiger partial charge in [0.15, 0.2) is 0 Å². The third-order valence-electron chi connectivity index (χ3n) is 4.41. The molecule has 1 aromatic carbocycles. The molecule has 0 radical (unpaired) electrons. The van der Waals surface area contributed by atoms with Crippen LogP contribution < -0.4 is 0 Å². The summed E-state index contributed by atoms with van der Waals surface area (Å²) in [5, 5.41) is 4.50. The monoisotopic (exact) mass is 319 g/mol. The van der Waals surface area contributed by atoms with Crippen LogP contribution in [-0.4, -0.2) is 31.2 Å². The van der Waals surface area contributed by atoms with Gasteiger partial charge in [0.05, 0.1) is 12.7 Å². The predicted molar refractivity (Wildman–Crippen MR) is 92.4 cm³/mol. The minimum atomic E-state index is 0.816. The highest BCUT2D eigenvalue weighted by Crippen LogP contribution is 2.18. The summed E-state index contributed by atoms with van der Waals surface area (Å²) in [6, 6.07) is 10.4. The molecule has 3 aromatic rings. The van der Waals surface area contributed by atoms with E-state index in [4.69, 9.17) is 0 Å². The smallest absolute Gasteiger partial charge is 0.125 e. The molecule has 0 atom stereocenters. The largest absolute Gasteiger partial charge is 0.294 e. The molecule has 122 valence electrons. The van der Waals surface area contributed by atoms with Crippen molar-refractivity contribution in [2.45, 2.75) is 33.0 Å². The summed E-state index contributed by atoms with van der Waals surface area (Å²) in [6.07, 6.45) is 7.09. The van der Waals surface area contributed by atoms with E-state index in [1.165, 1.54) is 22.4 Å². The molecule has 5 nitrogen and oxygen atoms in total. The molecule has 0 saturated carbocycles. The average molecular weight is 319 g/mol. The Morgan fingerprint density at radius 2 is 1.92 bits per heavy atom. The molecule has 1 aliphatic rings. The zero-order valence-electron chi connectivity index (χ0n) is 13.9. The summed E-state index contributed by atoms with van der Waals surface area (Å²) >= 11 is 0. The number of hydrogen-bond acceptors (Lipinski definition) is 4. The van der Waals surface area contributed by atoms with Gasteiger partial charge < -0.3 is 0 Å². The maximum Gasteiger partial charge on any atom is 0.125 e. The van der Waals surface area contributed by atoms with Crippen molar-refractivity contribution in [1.82, 2.24) is 24.6 Å². The van der Waals surface area contributed by atoms with Crippen molar-refractivity contribution in [2.24, 2.45) is 0 Å². The van der Waals surface area contributed by atoms with Crippen LogP contribution in [0.4, 0.5) is 0 Å². The number of rotatable bonds is 4. The van der Waals surface area contributed by atoms with Crippen LogP contribution in [0.3, 0.4) is 0 Å². The van der Waals surface area contributed by atoms with Crippen LogP contribution in [0.25, 0.3) is 0 Å². The van der Waals surface area contributed by atoms with Gasteiger partial charge >= 0.3 is 0 Å². The second-order valence-corrected chi connectivity index (χ2v) is 6.38. The highest BCUT2D eigenvalue weighted by molar-refractivity contribution is 5.21. The van der Waals surface area contributed by atoms with Crippen LogP contribution in [0.5, 0.6) is 0 Å². The maximum atomic E-state index is 4.55. The molecular weight excluding hydrogens is 298 g/mol. The molecule has 0 bridgehead atoms. The molecule has 1 aliphatic heterocycles. The first-order valence-corrected chi connectivity index (χ1v) is 8.35. The van der Waals surface area contributed by atoms with E-state index in [0.717, 1.165) is 38.4 Å². The van der Waals surface area contributed by atoms with Crippen molar-refractivity contribution in [3.05, 3.63) is 77.1 Å². The molecule has 0 N–H and O–H groups in total. The first kappa shape index (κ1) is 15.0. The lowest BCUT2D eigenvalue weighted by Gasteiger charge is -2.27. The van der Waals surface area contributed by atoms with Gasteiger partial charge in [-0.2, -0.15) is 5.10 Å². The minimum Gasteiger partial charge on any atom is -0.294 e. The molecule has 24 heavy (non-hydrogen) atoms. The minimum absolute atomic E-state index is 0.816. The lowest BCUT2D eigenvalue weighted by Crippen LogP contribution is -2.30. The summed E-state index contributed by atoms with van der Waals surface area (Å²) in [4.78, 5) is 11.3. The Morgan fingerprint density at radius 1 is 1.04 bits per heavy atom. The molecule has 3 heterocycles. The van der Waals surface area contributed by atoms with Crippen molar-refractivity contribution in [3.8, 4) is 0 Å². The highest BCUT2D eigenvalue weighted by Gasteiger charge is 2.18. The van der Waals surface area contributed by atoms with Crippen LogP contribution >= 0.6 is 0 Å².